The molecule has 1 N–H and O–H groups in total. The van der Waals surface area contributed by atoms with Gasteiger partial charge in [0.25, 0.3) is 0 Å². The van der Waals surface area contributed by atoms with E-state index in [1.54, 1.807) is 5.56 Å². The first-order valence-electron chi connectivity index (χ1n) is 8.22. The van der Waals surface area contributed by atoms with Crippen molar-refractivity contribution in [2.75, 3.05) is 6.54 Å². The second-order valence-corrected chi connectivity index (χ2v) is 7.73. The minimum absolute atomic E-state index is 0.257. The lowest BCUT2D eigenvalue weighted by atomic mass is 9.83. The van der Waals surface area contributed by atoms with E-state index >= 15 is 0 Å². The summed E-state index contributed by atoms with van der Waals surface area (Å²) in [6.45, 7) is 12.5. The molecule has 0 bridgehead atoms. The molecule has 0 spiro atoms. The van der Waals surface area contributed by atoms with Gasteiger partial charge in [-0.15, -0.1) is 0 Å². The second-order valence-electron chi connectivity index (χ2n) is 7.73. The van der Waals surface area contributed by atoms with Gasteiger partial charge >= 0.3 is 0 Å². The van der Waals surface area contributed by atoms with E-state index in [1.807, 2.05) is 0 Å². The normalized spacial score (nSPS) is 23.5. The molecule has 20 heavy (non-hydrogen) atoms. The van der Waals surface area contributed by atoms with E-state index in [-0.39, 0.29) is 5.41 Å². The summed E-state index contributed by atoms with van der Waals surface area (Å²) >= 11 is 0. The van der Waals surface area contributed by atoms with Crippen molar-refractivity contribution < 1.29 is 0 Å². The molecular weight excluding hydrogens is 242 g/mol. The average molecular weight is 273 g/mol. The van der Waals surface area contributed by atoms with Crippen LogP contribution in [0.4, 0.5) is 0 Å². The van der Waals surface area contributed by atoms with Gasteiger partial charge in [0.2, 0.25) is 0 Å². The maximum Gasteiger partial charge on any atom is 0.00104 e. The van der Waals surface area contributed by atoms with Crippen LogP contribution in [0.3, 0.4) is 0 Å². The van der Waals surface area contributed by atoms with Gasteiger partial charge in [-0.2, -0.15) is 0 Å². The third-order valence-corrected chi connectivity index (χ3v) is 4.65. The fraction of sp³-hybridized carbons (Fsp3) is 0.684. The fourth-order valence-corrected chi connectivity index (χ4v) is 3.34. The molecular formula is C19H31N. The van der Waals surface area contributed by atoms with Crippen molar-refractivity contribution in [2.45, 2.75) is 71.3 Å². The Hall–Kier alpha value is -0.820. The van der Waals surface area contributed by atoms with E-state index in [0.29, 0.717) is 6.04 Å². The van der Waals surface area contributed by atoms with Gasteiger partial charge in [-0.3, -0.25) is 0 Å². The molecule has 112 valence electrons. The molecule has 2 atom stereocenters. The van der Waals surface area contributed by atoms with E-state index in [1.165, 1.54) is 31.4 Å². The molecule has 0 saturated heterocycles. The third-order valence-electron chi connectivity index (χ3n) is 4.65. The molecule has 1 aromatic carbocycles. The Morgan fingerprint density at radius 2 is 1.75 bits per heavy atom. The predicted molar refractivity (Wildman–Crippen MR) is 88.4 cm³/mol. The van der Waals surface area contributed by atoms with Crippen LogP contribution in [-0.2, 0) is 5.41 Å². The van der Waals surface area contributed by atoms with Crippen LogP contribution < -0.4 is 5.32 Å². The van der Waals surface area contributed by atoms with Crippen LogP contribution in [0.5, 0.6) is 0 Å². The van der Waals surface area contributed by atoms with Gasteiger partial charge < -0.3 is 5.32 Å². The van der Waals surface area contributed by atoms with Crippen LogP contribution in [0, 0.1) is 5.92 Å². The van der Waals surface area contributed by atoms with Gasteiger partial charge in [0.15, 0.2) is 0 Å². The Morgan fingerprint density at radius 3 is 2.30 bits per heavy atom. The summed E-state index contributed by atoms with van der Waals surface area (Å²) < 4.78 is 0. The zero-order chi connectivity index (χ0) is 14.8. The molecule has 1 aliphatic rings. The molecule has 1 fully saturated rings. The Bertz CT molecular complexity index is 410. The Morgan fingerprint density at radius 1 is 1.10 bits per heavy atom. The predicted octanol–water partition coefficient (Wildman–Crippen LogP) is 4.87. The Kier molecular flexibility index (Phi) is 4.90. The van der Waals surface area contributed by atoms with Crippen LogP contribution in [0.25, 0.3) is 0 Å². The zero-order valence-electron chi connectivity index (χ0n) is 13.9. The quantitative estimate of drug-likeness (QED) is 0.825. The van der Waals surface area contributed by atoms with E-state index in [4.69, 9.17) is 0 Å². The van der Waals surface area contributed by atoms with Crippen molar-refractivity contribution in [3.63, 3.8) is 0 Å². The van der Waals surface area contributed by atoms with E-state index < -0.39 is 0 Å². The highest BCUT2D eigenvalue weighted by molar-refractivity contribution is 5.30. The van der Waals surface area contributed by atoms with Crippen LogP contribution in [-0.4, -0.2) is 12.6 Å². The average Bonchev–Trinajstić information content (AvgIpc) is 2.83. The van der Waals surface area contributed by atoms with Gasteiger partial charge in [-0.05, 0) is 47.8 Å². The van der Waals surface area contributed by atoms with Crippen molar-refractivity contribution >= 4 is 0 Å². The van der Waals surface area contributed by atoms with Gasteiger partial charge in [0.1, 0.15) is 0 Å². The van der Waals surface area contributed by atoms with Gasteiger partial charge in [-0.25, -0.2) is 0 Å². The van der Waals surface area contributed by atoms with E-state index in [2.05, 4.69) is 64.2 Å². The number of hydrogen-bond acceptors (Lipinski definition) is 1. The first-order chi connectivity index (χ1) is 9.38. The van der Waals surface area contributed by atoms with Crippen molar-refractivity contribution in [3.05, 3.63) is 35.4 Å². The van der Waals surface area contributed by atoms with Crippen LogP contribution in [0.1, 0.15) is 70.9 Å². The topological polar surface area (TPSA) is 12.0 Å². The summed E-state index contributed by atoms with van der Waals surface area (Å²) in [6, 6.07) is 10.0. The SMILES string of the molecule is CC(C)NCC1CCCC1c1ccc(C(C)(C)C)cc1. The molecule has 1 nitrogen and oxygen atoms in total. The van der Waals surface area contributed by atoms with Crippen molar-refractivity contribution in [1.82, 2.24) is 5.32 Å². The maximum atomic E-state index is 3.62. The monoisotopic (exact) mass is 273 g/mol. The smallest absolute Gasteiger partial charge is 0.00104 e. The number of hydrogen-bond donors (Lipinski definition) is 1. The lowest BCUT2D eigenvalue weighted by molar-refractivity contribution is 0.422. The lowest BCUT2D eigenvalue weighted by Gasteiger charge is -2.24. The number of nitrogens with one attached hydrogen (secondary N) is 1. The molecule has 0 aromatic heterocycles. The highest BCUT2D eigenvalue weighted by Crippen LogP contribution is 2.39. The molecule has 1 aliphatic carbocycles. The summed E-state index contributed by atoms with van der Waals surface area (Å²) in [4.78, 5) is 0. The zero-order valence-corrected chi connectivity index (χ0v) is 13.9. The highest BCUT2D eigenvalue weighted by atomic mass is 14.9. The molecule has 2 unspecified atom stereocenters. The molecule has 0 radical (unpaired) electrons. The standard InChI is InChI=1S/C19H31N/c1-14(2)20-13-16-7-6-8-18(16)15-9-11-17(12-10-15)19(3,4)5/h9-12,14,16,18,20H,6-8,13H2,1-5H3. The highest BCUT2D eigenvalue weighted by Gasteiger charge is 2.28. The minimum atomic E-state index is 0.257. The Labute approximate surface area is 125 Å². The minimum Gasteiger partial charge on any atom is -0.314 e. The van der Waals surface area contributed by atoms with Gasteiger partial charge in [-0.1, -0.05) is 65.3 Å². The van der Waals surface area contributed by atoms with Crippen molar-refractivity contribution in [3.8, 4) is 0 Å². The molecule has 0 heterocycles. The number of benzene rings is 1. The largest absolute Gasteiger partial charge is 0.314 e. The molecule has 2 rings (SSSR count). The summed E-state index contributed by atoms with van der Waals surface area (Å²) in [5.41, 5.74) is 3.24. The van der Waals surface area contributed by atoms with Gasteiger partial charge in [0.05, 0.1) is 0 Å². The van der Waals surface area contributed by atoms with Crippen molar-refractivity contribution in [2.24, 2.45) is 5.92 Å². The third kappa shape index (κ3) is 3.85. The fourth-order valence-electron chi connectivity index (χ4n) is 3.34. The van der Waals surface area contributed by atoms with Crippen LogP contribution in [0.15, 0.2) is 24.3 Å². The van der Waals surface area contributed by atoms with E-state index in [9.17, 15) is 0 Å². The molecule has 1 aromatic rings. The van der Waals surface area contributed by atoms with Crippen molar-refractivity contribution in [1.29, 1.82) is 0 Å². The van der Waals surface area contributed by atoms with E-state index in [0.717, 1.165) is 11.8 Å². The van der Waals surface area contributed by atoms with Gasteiger partial charge in [0, 0.05) is 6.04 Å². The first kappa shape index (κ1) is 15.6. The van der Waals surface area contributed by atoms with Crippen LogP contribution in [0.2, 0.25) is 0 Å². The summed E-state index contributed by atoms with van der Waals surface area (Å²) in [5.74, 6) is 1.58. The summed E-state index contributed by atoms with van der Waals surface area (Å²) in [6.07, 6.45) is 4.13. The second kappa shape index (κ2) is 6.30. The molecule has 0 amide bonds. The molecule has 0 aliphatic heterocycles. The first-order valence-corrected chi connectivity index (χ1v) is 8.22. The molecule has 1 saturated carbocycles. The summed E-state index contributed by atoms with van der Waals surface area (Å²) in [7, 11) is 0. The molecule has 1 heteroatoms. The maximum absolute atomic E-state index is 3.62. The number of rotatable bonds is 4. The summed E-state index contributed by atoms with van der Waals surface area (Å²) in [5, 5.41) is 3.62. The Balaban J connectivity index is 2.06. The lowest BCUT2D eigenvalue weighted by Crippen LogP contribution is -2.30. The van der Waals surface area contributed by atoms with Crippen LogP contribution >= 0.6 is 0 Å².